The minimum absolute atomic E-state index is 0.741. The molecule has 2 rings (SSSR count). The summed E-state index contributed by atoms with van der Waals surface area (Å²) in [7, 11) is 1.91. The first-order chi connectivity index (χ1) is 6.25. The van der Waals surface area contributed by atoms with E-state index in [2.05, 4.69) is 4.98 Å². The number of hydrogen-bond donors (Lipinski definition) is 0. The lowest BCUT2D eigenvalue weighted by atomic mass is 10.2. The number of rotatable bonds is 1. The Balaban J connectivity index is 2.98. The van der Waals surface area contributed by atoms with Crippen molar-refractivity contribution in [1.82, 2.24) is 9.55 Å². The minimum atomic E-state index is 0.741. The molecule has 3 nitrogen and oxygen atoms in total. The molecule has 0 aliphatic heterocycles. The molecule has 13 heavy (non-hydrogen) atoms. The second kappa shape index (κ2) is 2.69. The fraction of sp³-hybridized carbons (Fsp3) is 0.200. The van der Waals surface area contributed by atoms with Gasteiger partial charge in [0.15, 0.2) is 6.29 Å². The molecule has 0 saturated heterocycles. The zero-order chi connectivity index (χ0) is 9.42. The van der Waals surface area contributed by atoms with E-state index in [-0.39, 0.29) is 0 Å². The normalized spacial score (nSPS) is 10.6. The standard InChI is InChI=1S/C10H10N2O/c1-7-9(6-13)8-4-3-5-11-10(8)12(7)2/h3-6H,1-2H3. The van der Waals surface area contributed by atoms with E-state index in [0.717, 1.165) is 28.6 Å². The molecule has 0 radical (unpaired) electrons. The van der Waals surface area contributed by atoms with Gasteiger partial charge in [-0.3, -0.25) is 4.79 Å². The first kappa shape index (κ1) is 7.98. The van der Waals surface area contributed by atoms with E-state index in [1.54, 1.807) is 6.20 Å². The first-order valence-corrected chi connectivity index (χ1v) is 4.11. The predicted molar refractivity (Wildman–Crippen MR) is 50.8 cm³/mol. The Hall–Kier alpha value is -1.64. The molecule has 0 fully saturated rings. The molecule has 0 saturated carbocycles. The van der Waals surface area contributed by atoms with E-state index in [9.17, 15) is 4.79 Å². The maximum Gasteiger partial charge on any atom is 0.152 e. The van der Waals surface area contributed by atoms with Crippen LogP contribution in [0, 0.1) is 6.92 Å². The van der Waals surface area contributed by atoms with Crippen LogP contribution < -0.4 is 0 Å². The van der Waals surface area contributed by atoms with Gasteiger partial charge in [0.05, 0.1) is 0 Å². The van der Waals surface area contributed by atoms with E-state index in [4.69, 9.17) is 0 Å². The number of fused-ring (bicyclic) bond motifs is 1. The van der Waals surface area contributed by atoms with Gasteiger partial charge < -0.3 is 4.57 Å². The molecule has 0 unspecified atom stereocenters. The fourth-order valence-corrected chi connectivity index (χ4v) is 1.56. The third-order valence-corrected chi connectivity index (χ3v) is 2.41. The largest absolute Gasteiger partial charge is 0.332 e. The number of carbonyl (C=O) groups is 1. The maximum atomic E-state index is 10.8. The van der Waals surface area contributed by atoms with Crippen molar-refractivity contribution in [2.24, 2.45) is 7.05 Å². The summed E-state index contributed by atoms with van der Waals surface area (Å²) in [5.74, 6) is 0. The van der Waals surface area contributed by atoms with E-state index in [0.29, 0.717) is 0 Å². The Morgan fingerprint density at radius 1 is 1.54 bits per heavy atom. The van der Waals surface area contributed by atoms with Gasteiger partial charge in [-0.15, -0.1) is 0 Å². The van der Waals surface area contributed by atoms with Crippen molar-refractivity contribution in [2.75, 3.05) is 0 Å². The lowest BCUT2D eigenvalue weighted by Gasteiger charge is -1.95. The van der Waals surface area contributed by atoms with Crippen LogP contribution in [0.15, 0.2) is 18.3 Å². The highest BCUT2D eigenvalue weighted by Crippen LogP contribution is 2.20. The highest BCUT2D eigenvalue weighted by Gasteiger charge is 2.10. The highest BCUT2D eigenvalue weighted by atomic mass is 16.1. The summed E-state index contributed by atoms with van der Waals surface area (Å²) in [6.07, 6.45) is 2.62. The number of carbonyl (C=O) groups excluding carboxylic acids is 1. The molecule has 0 aromatic carbocycles. The summed E-state index contributed by atoms with van der Waals surface area (Å²) in [5, 5.41) is 0.928. The molecule has 2 aromatic heterocycles. The third kappa shape index (κ3) is 0.967. The van der Waals surface area contributed by atoms with Gasteiger partial charge in [-0.05, 0) is 19.1 Å². The van der Waals surface area contributed by atoms with Gasteiger partial charge in [-0.1, -0.05) is 0 Å². The van der Waals surface area contributed by atoms with Gasteiger partial charge in [-0.2, -0.15) is 0 Å². The van der Waals surface area contributed by atoms with Crippen molar-refractivity contribution in [2.45, 2.75) is 6.92 Å². The van der Waals surface area contributed by atoms with Crippen LogP contribution in [0.1, 0.15) is 16.1 Å². The van der Waals surface area contributed by atoms with Crippen molar-refractivity contribution in [3.63, 3.8) is 0 Å². The molecule has 0 N–H and O–H groups in total. The van der Waals surface area contributed by atoms with Crippen molar-refractivity contribution in [1.29, 1.82) is 0 Å². The van der Waals surface area contributed by atoms with E-state index >= 15 is 0 Å². The molecule has 2 heterocycles. The lowest BCUT2D eigenvalue weighted by Crippen LogP contribution is -1.92. The topological polar surface area (TPSA) is 34.9 Å². The molecule has 0 spiro atoms. The Morgan fingerprint density at radius 2 is 2.31 bits per heavy atom. The molecule has 0 aliphatic carbocycles. The summed E-state index contributed by atoms with van der Waals surface area (Å²) in [6, 6.07) is 3.76. The fourth-order valence-electron chi connectivity index (χ4n) is 1.56. The van der Waals surface area contributed by atoms with Crippen LogP contribution in [-0.4, -0.2) is 15.8 Å². The number of hydrogen-bond acceptors (Lipinski definition) is 2. The Kier molecular flexibility index (Phi) is 1.65. The van der Waals surface area contributed by atoms with E-state index < -0.39 is 0 Å². The van der Waals surface area contributed by atoms with Crippen molar-refractivity contribution in [3.05, 3.63) is 29.6 Å². The predicted octanol–water partition coefficient (Wildman–Crippen LogP) is 1.69. The molecule has 0 atom stereocenters. The van der Waals surface area contributed by atoms with Gasteiger partial charge in [0.1, 0.15) is 5.65 Å². The quantitative estimate of drug-likeness (QED) is 0.617. The molecule has 2 aromatic rings. The Morgan fingerprint density at radius 3 is 3.00 bits per heavy atom. The number of pyridine rings is 1. The lowest BCUT2D eigenvalue weighted by molar-refractivity contribution is 0.112. The van der Waals surface area contributed by atoms with Gasteiger partial charge >= 0.3 is 0 Å². The molecular formula is C10H10N2O. The second-order valence-electron chi connectivity index (χ2n) is 3.05. The van der Waals surface area contributed by atoms with Crippen LogP contribution in [-0.2, 0) is 7.05 Å². The molecule has 0 bridgehead atoms. The Bertz CT molecular complexity index is 471. The van der Waals surface area contributed by atoms with Crippen molar-refractivity contribution >= 4 is 17.3 Å². The summed E-state index contributed by atoms with van der Waals surface area (Å²) in [4.78, 5) is 15.0. The monoisotopic (exact) mass is 174 g/mol. The van der Waals surface area contributed by atoms with E-state index in [1.165, 1.54) is 0 Å². The smallest absolute Gasteiger partial charge is 0.152 e. The average molecular weight is 174 g/mol. The number of aromatic nitrogens is 2. The number of aldehydes is 1. The third-order valence-electron chi connectivity index (χ3n) is 2.41. The molecule has 3 heteroatoms. The van der Waals surface area contributed by atoms with Crippen LogP contribution in [0.2, 0.25) is 0 Å². The maximum absolute atomic E-state index is 10.8. The van der Waals surface area contributed by atoms with Gasteiger partial charge in [0.2, 0.25) is 0 Å². The Labute approximate surface area is 76.0 Å². The van der Waals surface area contributed by atoms with Crippen LogP contribution >= 0.6 is 0 Å². The number of nitrogens with zero attached hydrogens (tertiary/aromatic N) is 2. The van der Waals surface area contributed by atoms with Gasteiger partial charge in [0.25, 0.3) is 0 Å². The zero-order valence-corrected chi connectivity index (χ0v) is 7.61. The first-order valence-electron chi connectivity index (χ1n) is 4.11. The van der Waals surface area contributed by atoms with Crippen LogP contribution in [0.3, 0.4) is 0 Å². The minimum Gasteiger partial charge on any atom is -0.332 e. The summed E-state index contributed by atoms with van der Waals surface area (Å²) < 4.78 is 1.93. The van der Waals surface area contributed by atoms with Crippen LogP contribution in [0.25, 0.3) is 11.0 Å². The summed E-state index contributed by atoms with van der Waals surface area (Å²) >= 11 is 0. The van der Waals surface area contributed by atoms with Crippen molar-refractivity contribution < 1.29 is 4.79 Å². The molecule has 0 aliphatic rings. The number of aryl methyl sites for hydroxylation is 1. The summed E-state index contributed by atoms with van der Waals surface area (Å²) in [5.41, 5.74) is 2.57. The van der Waals surface area contributed by atoms with Gasteiger partial charge in [0, 0.05) is 29.9 Å². The highest BCUT2D eigenvalue weighted by molar-refractivity contribution is 5.97. The van der Waals surface area contributed by atoms with Crippen LogP contribution in [0.4, 0.5) is 0 Å². The molecular weight excluding hydrogens is 164 g/mol. The van der Waals surface area contributed by atoms with E-state index in [1.807, 2.05) is 30.7 Å². The SMILES string of the molecule is Cc1c(C=O)c2cccnc2n1C. The second-order valence-corrected chi connectivity index (χ2v) is 3.05. The summed E-state index contributed by atoms with van der Waals surface area (Å²) in [6.45, 7) is 1.92. The molecule has 66 valence electrons. The van der Waals surface area contributed by atoms with Crippen molar-refractivity contribution in [3.8, 4) is 0 Å². The zero-order valence-electron chi connectivity index (χ0n) is 7.61. The van der Waals surface area contributed by atoms with Crippen LogP contribution in [0.5, 0.6) is 0 Å². The average Bonchev–Trinajstić information content (AvgIpc) is 2.41. The molecule has 0 amide bonds. The van der Waals surface area contributed by atoms with Gasteiger partial charge in [-0.25, -0.2) is 4.98 Å².